The second-order valence-electron chi connectivity index (χ2n) is 4.11. The van der Waals surface area contributed by atoms with Crippen LogP contribution < -0.4 is 0 Å². The van der Waals surface area contributed by atoms with E-state index in [2.05, 4.69) is 6.92 Å². The molecule has 6 atom stereocenters. The SMILES string of the molecule is CCCCC(Cl)C(Cl)C(Cl)C(Cl)C(Cl)C(C)Cl. The van der Waals surface area contributed by atoms with Crippen molar-refractivity contribution < 1.29 is 0 Å². The van der Waals surface area contributed by atoms with Gasteiger partial charge in [-0.3, -0.25) is 0 Å². The molecular weight excluding hydrogens is 345 g/mol. The van der Waals surface area contributed by atoms with Gasteiger partial charge in [0.25, 0.3) is 0 Å². The molecule has 0 aliphatic heterocycles. The lowest BCUT2D eigenvalue weighted by molar-refractivity contribution is 0.599. The first-order valence-electron chi connectivity index (χ1n) is 5.67. The highest BCUT2D eigenvalue weighted by atomic mass is 35.5. The maximum atomic E-state index is 6.21. The summed E-state index contributed by atoms with van der Waals surface area (Å²) >= 11 is 36.7. The van der Waals surface area contributed by atoms with Crippen molar-refractivity contribution in [2.75, 3.05) is 0 Å². The number of halogens is 6. The van der Waals surface area contributed by atoms with E-state index in [0.29, 0.717) is 0 Å². The van der Waals surface area contributed by atoms with Crippen LogP contribution in [-0.4, -0.2) is 32.3 Å². The van der Waals surface area contributed by atoms with Crippen molar-refractivity contribution in [3.63, 3.8) is 0 Å². The van der Waals surface area contributed by atoms with E-state index in [4.69, 9.17) is 69.6 Å². The minimum Gasteiger partial charge on any atom is -0.122 e. The summed E-state index contributed by atoms with van der Waals surface area (Å²) in [6, 6.07) is 0. The molecule has 0 nitrogen and oxygen atoms in total. The smallest absolute Gasteiger partial charge is 0.0692 e. The first kappa shape index (κ1) is 18.7. The van der Waals surface area contributed by atoms with Gasteiger partial charge in [-0.05, 0) is 13.3 Å². The molecule has 6 heteroatoms. The third-order valence-corrected chi connectivity index (χ3v) is 6.25. The van der Waals surface area contributed by atoms with Crippen LogP contribution in [0.5, 0.6) is 0 Å². The zero-order valence-corrected chi connectivity index (χ0v) is 14.4. The highest BCUT2D eigenvalue weighted by Gasteiger charge is 2.35. The van der Waals surface area contributed by atoms with E-state index in [1.165, 1.54) is 0 Å². The van der Waals surface area contributed by atoms with Crippen molar-refractivity contribution in [1.82, 2.24) is 0 Å². The largest absolute Gasteiger partial charge is 0.122 e. The summed E-state index contributed by atoms with van der Waals surface area (Å²) in [5.41, 5.74) is 0. The number of hydrogen-bond acceptors (Lipinski definition) is 0. The van der Waals surface area contributed by atoms with Gasteiger partial charge in [-0.25, -0.2) is 0 Å². The number of hydrogen-bond donors (Lipinski definition) is 0. The van der Waals surface area contributed by atoms with E-state index < -0.39 is 21.5 Å². The molecule has 0 spiro atoms. The summed E-state index contributed by atoms with van der Waals surface area (Å²) < 4.78 is 0. The molecule has 17 heavy (non-hydrogen) atoms. The average molecular weight is 363 g/mol. The molecule has 0 bridgehead atoms. The summed E-state index contributed by atoms with van der Waals surface area (Å²) in [6.07, 6.45) is 2.91. The molecule has 0 aliphatic carbocycles. The van der Waals surface area contributed by atoms with Crippen molar-refractivity contribution in [2.45, 2.75) is 65.4 Å². The van der Waals surface area contributed by atoms with Gasteiger partial charge in [0, 0.05) is 5.38 Å². The molecule has 0 amide bonds. The third kappa shape index (κ3) is 6.63. The van der Waals surface area contributed by atoms with Gasteiger partial charge in [0.1, 0.15) is 0 Å². The number of unbranched alkanes of at least 4 members (excludes halogenated alkanes) is 1. The lowest BCUT2D eigenvalue weighted by Crippen LogP contribution is -2.39. The number of alkyl halides is 6. The van der Waals surface area contributed by atoms with E-state index in [1.54, 1.807) is 6.92 Å². The fraction of sp³-hybridized carbons (Fsp3) is 1.00. The van der Waals surface area contributed by atoms with Gasteiger partial charge >= 0.3 is 0 Å². The Morgan fingerprint density at radius 2 is 1.24 bits per heavy atom. The summed E-state index contributed by atoms with van der Waals surface area (Å²) in [4.78, 5) is 0. The molecule has 0 fully saturated rings. The highest BCUT2D eigenvalue weighted by molar-refractivity contribution is 6.41. The van der Waals surface area contributed by atoms with Crippen molar-refractivity contribution in [1.29, 1.82) is 0 Å². The van der Waals surface area contributed by atoms with Crippen LogP contribution in [0, 0.1) is 0 Å². The molecule has 0 aromatic heterocycles. The van der Waals surface area contributed by atoms with Crippen LogP contribution in [0.1, 0.15) is 33.1 Å². The quantitative estimate of drug-likeness (QED) is 0.476. The fourth-order valence-electron chi connectivity index (χ4n) is 1.36. The Hall–Kier alpha value is 1.74. The third-order valence-electron chi connectivity index (χ3n) is 2.53. The second kappa shape index (κ2) is 9.61. The van der Waals surface area contributed by atoms with Crippen LogP contribution >= 0.6 is 69.6 Å². The minimum absolute atomic E-state index is 0.199. The molecule has 0 saturated heterocycles. The predicted molar refractivity (Wildman–Crippen MR) is 83.0 cm³/mol. The topological polar surface area (TPSA) is 0 Å². The molecule has 0 N–H and O–H groups in total. The Balaban J connectivity index is 4.32. The van der Waals surface area contributed by atoms with Crippen LogP contribution in [-0.2, 0) is 0 Å². The molecular formula is C11H18Cl6. The van der Waals surface area contributed by atoms with Crippen molar-refractivity contribution in [2.24, 2.45) is 0 Å². The highest BCUT2D eigenvalue weighted by Crippen LogP contribution is 2.31. The van der Waals surface area contributed by atoms with Crippen LogP contribution in [0.4, 0.5) is 0 Å². The summed E-state index contributed by atoms with van der Waals surface area (Å²) in [7, 11) is 0. The maximum absolute atomic E-state index is 6.21. The Bertz CT molecular complexity index is 198. The molecule has 104 valence electrons. The van der Waals surface area contributed by atoms with Crippen LogP contribution in [0.3, 0.4) is 0 Å². The Morgan fingerprint density at radius 3 is 1.65 bits per heavy atom. The number of rotatable bonds is 8. The van der Waals surface area contributed by atoms with Crippen molar-refractivity contribution in [3.05, 3.63) is 0 Å². The zero-order valence-electron chi connectivity index (χ0n) is 9.85. The Kier molecular flexibility index (Phi) is 10.6. The molecule has 0 aromatic rings. The summed E-state index contributed by atoms with van der Waals surface area (Å²) in [5, 5.41) is -2.32. The summed E-state index contributed by atoms with van der Waals surface area (Å²) in [5.74, 6) is 0. The lowest BCUT2D eigenvalue weighted by atomic mass is 10.1. The zero-order chi connectivity index (χ0) is 13.6. The first-order chi connectivity index (χ1) is 7.82. The summed E-state index contributed by atoms with van der Waals surface area (Å²) in [6.45, 7) is 3.87. The van der Waals surface area contributed by atoms with E-state index in [0.717, 1.165) is 19.3 Å². The van der Waals surface area contributed by atoms with Gasteiger partial charge in [0.05, 0.1) is 26.9 Å². The van der Waals surface area contributed by atoms with E-state index in [-0.39, 0.29) is 10.8 Å². The van der Waals surface area contributed by atoms with E-state index in [1.807, 2.05) is 0 Å². The standard InChI is InChI=1S/C11H18Cl6/c1-3-4-5-7(13)9(15)11(17)10(16)8(14)6(2)12/h6-11H,3-5H2,1-2H3. The molecule has 0 heterocycles. The lowest BCUT2D eigenvalue weighted by Gasteiger charge is -2.28. The Morgan fingerprint density at radius 1 is 0.765 bits per heavy atom. The van der Waals surface area contributed by atoms with Gasteiger partial charge in [-0.15, -0.1) is 69.6 Å². The predicted octanol–water partition coefficient (Wildman–Crippen LogP) is 5.84. The van der Waals surface area contributed by atoms with Gasteiger partial charge < -0.3 is 0 Å². The molecule has 6 unspecified atom stereocenters. The molecule has 0 rings (SSSR count). The van der Waals surface area contributed by atoms with Gasteiger partial charge in [-0.1, -0.05) is 19.8 Å². The van der Waals surface area contributed by atoms with Crippen LogP contribution in [0.15, 0.2) is 0 Å². The van der Waals surface area contributed by atoms with E-state index >= 15 is 0 Å². The molecule has 0 saturated carbocycles. The van der Waals surface area contributed by atoms with Crippen molar-refractivity contribution in [3.8, 4) is 0 Å². The first-order valence-corrected chi connectivity index (χ1v) is 8.29. The van der Waals surface area contributed by atoms with Gasteiger partial charge in [-0.2, -0.15) is 0 Å². The minimum atomic E-state index is -0.504. The van der Waals surface area contributed by atoms with E-state index in [9.17, 15) is 0 Å². The monoisotopic (exact) mass is 360 g/mol. The second-order valence-corrected chi connectivity index (χ2v) is 7.38. The molecule has 0 aromatic carbocycles. The molecule has 0 radical (unpaired) electrons. The fourth-order valence-corrected chi connectivity index (χ4v) is 3.27. The average Bonchev–Trinajstić information content (AvgIpc) is 2.31. The Labute approximate surface area is 134 Å². The van der Waals surface area contributed by atoms with Crippen molar-refractivity contribution >= 4 is 69.6 Å². The molecule has 0 aliphatic rings. The maximum Gasteiger partial charge on any atom is 0.0692 e. The van der Waals surface area contributed by atoms with Crippen LogP contribution in [0.25, 0.3) is 0 Å². The normalized spacial score (nSPS) is 22.6. The van der Waals surface area contributed by atoms with Crippen LogP contribution in [0.2, 0.25) is 0 Å². The van der Waals surface area contributed by atoms with Gasteiger partial charge in [0.2, 0.25) is 0 Å². The van der Waals surface area contributed by atoms with Gasteiger partial charge in [0.15, 0.2) is 0 Å².